The molecule has 24 heavy (non-hydrogen) atoms. The number of likely N-dealkylation sites (N-methyl/N-ethyl adjacent to an activating group) is 1. The number of nitrogens with zero attached hydrogens (tertiary/aromatic N) is 1. The van der Waals surface area contributed by atoms with Gasteiger partial charge in [0.25, 0.3) is 5.91 Å². The number of rotatable bonds is 4. The fourth-order valence-electron chi connectivity index (χ4n) is 3.13. The normalized spacial score (nSPS) is 20.7. The van der Waals surface area contributed by atoms with E-state index in [2.05, 4.69) is 5.32 Å². The van der Waals surface area contributed by atoms with E-state index in [0.717, 1.165) is 11.1 Å². The maximum atomic E-state index is 12.5. The first-order valence-electron chi connectivity index (χ1n) is 7.94. The molecule has 5 nitrogen and oxygen atoms in total. The van der Waals surface area contributed by atoms with Crippen LogP contribution in [0, 0.1) is 0 Å². The summed E-state index contributed by atoms with van der Waals surface area (Å²) in [7, 11) is 1.76. The monoisotopic (exact) mass is 324 g/mol. The van der Waals surface area contributed by atoms with E-state index >= 15 is 0 Å². The van der Waals surface area contributed by atoms with Gasteiger partial charge in [0.2, 0.25) is 0 Å². The van der Waals surface area contributed by atoms with Gasteiger partial charge >= 0.3 is 5.97 Å². The molecule has 1 heterocycles. The van der Waals surface area contributed by atoms with Gasteiger partial charge in [0.05, 0.1) is 0 Å². The Kier molecular flexibility index (Phi) is 4.62. The van der Waals surface area contributed by atoms with Crippen LogP contribution in [0.3, 0.4) is 0 Å². The summed E-state index contributed by atoms with van der Waals surface area (Å²) in [5, 5.41) is 12.1. The largest absolute Gasteiger partial charge is 0.480 e. The maximum absolute atomic E-state index is 12.5. The Morgan fingerprint density at radius 3 is 2.46 bits per heavy atom. The lowest BCUT2D eigenvalue weighted by Gasteiger charge is -2.14. The maximum Gasteiger partial charge on any atom is 0.320 e. The summed E-state index contributed by atoms with van der Waals surface area (Å²) in [5.41, 5.74) is 2.62. The van der Waals surface area contributed by atoms with Gasteiger partial charge in [-0.15, -0.1) is 0 Å². The van der Waals surface area contributed by atoms with E-state index in [0.29, 0.717) is 18.5 Å². The van der Waals surface area contributed by atoms with Gasteiger partial charge in [-0.2, -0.15) is 0 Å². The second-order valence-corrected chi connectivity index (χ2v) is 6.15. The zero-order chi connectivity index (χ0) is 17.1. The van der Waals surface area contributed by atoms with Crippen LogP contribution < -0.4 is 5.32 Å². The SMILES string of the molecule is CN1C[C@@H](NC(=O)c2cccc(-c3ccccc3)c2)C[C@H]1C(=O)O. The van der Waals surface area contributed by atoms with E-state index in [1.165, 1.54) is 0 Å². The van der Waals surface area contributed by atoms with Crippen molar-refractivity contribution in [3.63, 3.8) is 0 Å². The summed E-state index contributed by atoms with van der Waals surface area (Å²) in [6.45, 7) is 0.543. The number of nitrogens with one attached hydrogen (secondary N) is 1. The summed E-state index contributed by atoms with van der Waals surface area (Å²) < 4.78 is 0. The highest BCUT2D eigenvalue weighted by Gasteiger charge is 2.35. The van der Waals surface area contributed by atoms with Gasteiger partial charge in [-0.05, 0) is 36.7 Å². The van der Waals surface area contributed by atoms with Crippen LogP contribution in [0.15, 0.2) is 54.6 Å². The van der Waals surface area contributed by atoms with Crippen LogP contribution in [0.4, 0.5) is 0 Å². The summed E-state index contributed by atoms with van der Waals surface area (Å²) in [6.07, 6.45) is 0.427. The fraction of sp³-hybridized carbons (Fsp3) is 0.263. The Hall–Kier alpha value is -2.66. The van der Waals surface area contributed by atoms with Crippen molar-refractivity contribution in [2.75, 3.05) is 13.6 Å². The van der Waals surface area contributed by atoms with Gasteiger partial charge in [0.1, 0.15) is 6.04 Å². The van der Waals surface area contributed by atoms with Gasteiger partial charge in [-0.25, -0.2) is 0 Å². The number of carbonyl (C=O) groups is 2. The molecule has 5 heteroatoms. The van der Waals surface area contributed by atoms with E-state index in [9.17, 15) is 9.59 Å². The van der Waals surface area contributed by atoms with Crippen molar-refractivity contribution in [1.82, 2.24) is 10.2 Å². The number of hydrogen-bond donors (Lipinski definition) is 2. The van der Waals surface area contributed by atoms with E-state index in [1.807, 2.05) is 48.5 Å². The minimum absolute atomic E-state index is 0.149. The second-order valence-electron chi connectivity index (χ2n) is 6.15. The Morgan fingerprint density at radius 2 is 1.79 bits per heavy atom. The van der Waals surface area contributed by atoms with Crippen molar-refractivity contribution in [3.05, 3.63) is 60.2 Å². The van der Waals surface area contributed by atoms with E-state index in [4.69, 9.17) is 5.11 Å². The van der Waals surface area contributed by atoms with Crippen LogP contribution in [0.1, 0.15) is 16.8 Å². The number of likely N-dealkylation sites (tertiary alicyclic amines) is 1. The third-order valence-corrected chi connectivity index (χ3v) is 4.40. The highest BCUT2D eigenvalue weighted by Crippen LogP contribution is 2.21. The molecule has 1 fully saturated rings. The lowest BCUT2D eigenvalue weighted by atomic mass is 10.0. The Morgan fingerprint density at radius 1 is 1.08 bits per heavy atom. The summed E-state index contributed by atoms with van der Waals surface area (Å²) in [6, 6.07) is 16.7. The highest BCUT2D eigenvalue weighted by molar-refractivity contribution is 5.95. The van der Waals surface area contributed by atoms with Crippen molar-refractivity contribution in [2.24, 2.45) is 0 Å². The Bertz CT molecular complexity index is 745. The van der Waals surface area contributed by atoms with Gasteiger partial charge in [0, 0.05) is 18.2 Å². The molecule has 2 aromatic rings. The molecule has 0 saturated carbocycles. The van der Waals surface area contributed by atoms with Crippen LogP contribution in [-0.2, 0) is 4.79 Å². The number of carboxylic acid groups (broad SMARTS) is 1. The quantitative estimate of drug-likeness (QED) is 0.905. The third kappa shape index (κ3) is 3.46. The summed E-state index contributed by atoms with van der Waals surface area (Å²) in [4.78, 5) is 25.4. The van der Waals surface area contributed by atoms with Crippen molar-refractivity contribution < 1.29 is 14.7 Å². The van der Waals surface area contributed by atoms with Gasteiger partial charge in [0.15, 0.2) is 0 Å². The molecule has 1 aliphatic rings. The average molecular weight is 324 g/mol. The fourth-order valence-corrected chi connectivity index (χ4v) is 3.13. The van der Waals surface area contributed by atoms with Gasteiger partial charge in [-0.1, -0.05) is 42.5 Å². The number of aliphatic carboxylic acids is 1. The summed E-state index contributed by atoms with van der Waals surface area (Å²) >= 11 is 0. The molecule has 0 spiro atoms. The number of carbonyl (C=O) groups excluding carboxylic acids is 1. The lowest BCUT2D eigenvalue weighted by molar-refractivity contribution is -0.141. The molecule has 2 atom stereocenters. The van der Waals surface area contributed by atoms with E-state index in [1.54, 1.807) is 18.0 Å². The average Bonchev–Trinajstić information content (AvgIpc) is 2.96. The molecular weight excluding hydrogens is 304 g/mol. The molecule has 0 radical (unpaired) electrons. The van der Waals surface area contributed by atoms with Crippen molar-refractivity contribution >= 4 is 11.9 Å². The number of amides is 1. The molecule has 0 bridgehead atoms. The zero-order valence-electron chi connectivity index (χ0n) is 13.5. The predicted molar refractivity (Wildman–Crippen MR) is 91.8 cm³/mol. The smallest absolute Gasteiger partial charge is 0.320 e. The molecule has 1 saturated heterocycles. The van der Waals surface area contributed by atoms with Crippen molar-refractivity contribution in [1.29, 1.82) is 0 Å². The molecule has 0 aliphatic carbocycles. The van der Waals surface area contributed by atoms with Crippen LogP contribution in [0.25, 0.3) is 11.1 Å². The molecule has 2 aromatic carbocycles. The van der Waals surface area contributed by atoms with Crippen molar-refractivity contribution in [2.45, 2.75) is 18.5 Å². The standard InChI is InChI=1S/C19H20N2O3/c1-21-12-16(11-17(21)19(23)24)20-18(22)15-9-5-8-14(10-15)13-6-3-2-4-7-13/h2-10,16-17H,11-12H2,1H3,(H,20,22)(H,23,24)/t16-,17-/m0/s1. The van der Waals surface area contributed by atoms with Crippen LogP contribution in [0.2, 0.25) is 0 Å². The number of hydrogen-bond acceptors (Lipinski definition) is 3. The molecule has 124 valence electrons. The molecule has 3 rings (SSSR count). The number of benzene rings is 2. The first-order valence-corrected chi connectivity index (χ1v) is 7.94. The van der Waals surface area contributed by atoms with Gasteiger partial charge < -0.3 is 10.4 Å². The molecular formula is C19H20N2O3. The van der Waals surface area contributed by atoms with Gasteiger partial charge in [-0.3, -0.25) is 14.5 Å². The highest BCUT2D eigenvalue weighted by atomic mass is 16.4. The topological polar surface area (TPSA) is 69.6 Å². The molecule has 2 N–H and O–H groups in total. The second kappa shape index (κ2) is 6.84. The first-order chi connectivity index (χ1) is 11.5. The first kappa shape index (κ1) is 16.2. The zero-order valence-corrected chi connectivity index (χ0v) is 13.5. The number of carboxylic acids is 1. The van der Waals surface area contributed by atoms with Crippen LogP contribution in [0.5, 0.6) is 0 Å². The summed E-state index contributed by atoms with van der Waals surface area (Å²) in [5.74, 6) is -1.02. The molecule has 1 amide bonds. The van der Waals surface area contributed by atoms with Crippen molar-refractivity contribution in [3.8, 4) is 11.1 Å². The Labute approximate surface area is 140 Å². The lowest BCUT2D eigenvalue weighted by Crippen LogP contribution is -2.36. The van der Waals surface area contributed by atoms with Crippen LogP contribution >= 0.6 is 0 Å². The Balaban J connectivity index is 1.71. The predicted octanol–water partition coefficient (Wildman–Crippen LogP) is 2.24. The minimum atomic E-state index is -0.847. The molecule has 0 unspecified atom stereocenters. The third-order valence-electron chi connectivity index (χ3n) is 4.40. The molecule has 0 aromatic heterocycles. The van der Waals surface area contributed by atoms with Crippen LogP contribution in [-0.4, -0.2) is 47.6 Å². The molecule has 1 aliphatic heterocycles. The minimum Gasteiger partial charge on any atom is -0.480 e. The van der Waals surface area contributed by atoms with E-state index in [-0.39, 0.29) is 11.9 Å². The van der Waals surface area contributed by atoms with E-state index < -0.39 is 12.0 Å².